The molecule has 0 aliphatic heterocycles. The molecule has 8 heteroatoms. The SMILES string of the molecule is CCNC(=NCc1ccc(C(F)(F)F)cc1)NCCc1cccnc1.I. The van der Waals surface area contributed by atoms with Crippen molar-refractivity contribution in [2.75, 3.05) is 13.1 Å². The number of halogens is 4. The number of aromatic nitrogens is 1. The summed E-state index contributed by atoms with van der Waals surface area (Å²) >= 11 is 0. The highest BCUT2D eigenvalue weighted by Crippen LogP contribution is 2.29. The minimum atomic E-state index is -4.31. The lowest BCUT2D eigenvalue weighted by Gasteiger charge is -2.11. The van der Waals surface area contributed by atoms with Crippen molar-refractivity contribution < 1.29 is 13.2 Å². The molecule has 0 aliphatic carbocycles. The van der Waals surface area contributed by atoms with Crippen molar-refractivity contribution >= 4 is 29.9 Å². The van der Waals surface area contributed by atoms with Gasteiger partial charge < -0.3 is 10.6 Å². The second kappa shape index (κ2) is 11.0. The predicted octanol–water partition coefficient (Wildman–Crippen LogP) is 4.02. The minimum absolute atomic E-state index is 0. The molecule has 0 saturated heterocycles. The topological polar surface area (TPSA) is 49.3 Å². The fourth-order valence-electron chi connectivity index (χ4n) is 2.18. The Morgan fingerprint density at radius 1 is 1.08 bits per heavy atom. The van der Waals surface area contributed by atoms with Gasteiger partial charge in [-0.3, -0.25) is 4.98 Å². The van der Waals surface area contributed by atoms with E-state index in [2.05, 4.69) is 20.6 Å². The second-order valence-electron chi connectivity index (χ2n) is 5.43. The van der Waals surface area contributed by atoms with E-state index in [1.54, 1.807) is 6.20 Å². The van der Waals surface area contributed by atoms with Crippen LogP contribution in [0.15, 0.2) is 53.8 Å². The molecule has 0 spiro atoms. The molecule has 0 bridgehead atoms. The summed E-state index contributed by atoms with van der Waals surface area (Å²) < 4.78 is 37.7. The van der Waals surface area contributed by atoms with Crippen molar-refractivity contribution in [1.82, 2.24) is 15.6 Å². The molecule has 26 heavy (non-hydrogen) atoms. The molecule has 2 aromatic rings. The number of benzene rings is 1. The van der Waals surface area contributed by atoms with Crippen LogP contribution in [0.4, 0.5) is 13.2 Å². The fourth-order valence-corrected chi connectivity index (χ4v) is 2.18. The first-order chi connectivity index (χ1) is 12.0. The second-order valence-corrected chi connectivity index (χ2v) is 5.43. The van der Waals surface area contributed by atoms with E-state index in [1.807, 2.05) is 25.3 Å². The summed E-state index contributed by atoms with van der Waals surface area (Å²) in [4.78, 5) is 8.47. The van der Waals surface area contributed by atoms with Crippen LogP contribution in [0.1, 0.15) is 23.6 Å². The molecule has 0 amide bonds. The summed E-state index contributed by atoms with van der Waals surface area (Å²) in [5.41, 5.74) is 1.19. The monoisotopic (exact) mass is 478 g/mol. The third kappa shape index (κ3) is 7.59. The third-order valence-corrected chi connectivity index (χ3v) is 3.47. The lowest BCUT2D eigenvalue weighted by atomic mass is 10.1. The quantitative estimate of drug-likeness (QED) is 0.375. The van der Waals surface area contributed by atoms with Gasteiger partial charge in [0.25, 0.3) is 0 Å². The number of guanidine groups is 1. The average Bonchev–Trinajstić information content (AvgIpc) is 2.60. The number of nitrogens with zero attached hydrogens (tertiary/aromatic N) is 2. The van der Waals surface area contributed by atoms with Crippen LogP contribution in [0.2, 0.25) is 0 Å². The first kappa shape index (κ1) is 22.2. The Morgan fingerprint density at radius 2 is 1.81 bits per heavy atom. The summed E-state index contributed by atoms with van der Waals surface area (Å²) in [5.74, 6) is 0.631. The molecule has 2 N–H and O–H groups in total. The van der Waals surface area contributed by atoms with Crippen molar-refractivity contribution in [3.63, 3.8) is 0 Å². The molecular weight excluding hydrogens is 456 g/mol. The van der Waals surface area contributed by atoms with Gasteiger partial charge in [-0.15, -0.1) is 24.0 Å². The molecule has 0 saturated carbocycles. The van der Waals surface area contributed by atoms with E-state index in [-0.39, 0.29) is 24.0 Å². The zero-order valence-corrected chi connectivity index (χ0v) is 16.7. The normalized spacial score (nSPS) is 11.6. The van der Waals surface area contributed by atoms with Gasteiger partial charge in [0.15, 0.2) is 5.96 Å². The first-order valence-corrected chi connectivity index (χ1v) is 8.06. The maximum absolute atomic E-state index is 12.6. The Labute approximate surface area is 168 Å². The standard InChI is InChI=1S/C18H21F3N4.HI/c1-2-23-17(24-11-9-14-4-3-10-22-12-14)25-13-15-5-7-16(8-6-15)18(19,20)21;/h3-8,10,12H,2,9,11,13H2,1H3,(H2,23,24,25);1H. The van der Waals surface area contributed by atoms with Crippen LogP contribution in [0.25, 0.3) is 0 Å². The van der Waals surface area contributed by atoms with Gasteiger partial charge in [-0.1, -0.05) is 18.2 Å². The average molecular weight is 478 g/mol. The zero-order chi connectivity index (χ0) is 18.1. The van der Waals surface area contributed by atoms with Gasteiger partial charge in [0.1, 0.15) is 0 Å². The molecule has 0 unspecified atom stereocenters. The van der Waals surface area contributed by atoms with Gasteiger partial charge in [0.2, 0.25) is 0 Å². The zero-order valence-electron chi connectivity index (χ0n) is 14.4. The molecule has 142 valence electrons. The Balaban J connectivity index is 0.00000338. The van der Waals surface area contributed by atoms with E-state index in [0.29, 0.717) is 25.6 Å². The van der Waals surface area contributed by atoms with E-state index in [4.69, 9.17) is 0 Å². The predicted molar refractivity (Wildman–Crippen MR) is 108 cm³/mol. The highest BCUT2D eigenvalue weighted by molar-refractivity contribution is 14.0. The van der Waals surface area contributed by atoms with Crippen LogP contribution >= 0.6 is 24.0 Å². The Morgan fingerprint density at radius 3 is 2.38 bits per heavy atom. The van der Waals surface area contributed by atoms with E-state index in [9.17, 15) is 13.2 Å². The number of alkyl halides is 3. The molecule has 1 aromatic heterocycles. The fraction of sp³-hybridized carbons (Fsp3) is 0.333. The Bertz CT molecular complexity index is 673. The van der Waals surface area contributed by atoms with Crippen molar-refractivity contribution in [3.8, 4) is 0 Å². The van der Waals surface area contributed by atoms with Gasteiger partial charge in [-0.25, -0.2) is 4.99 Å². The third-order valence-electron chi connectivity index (χ3n) is 3.47. The van der Waals surface area contributed by atoms with Crippen molar-refractivity contribution in [3.05, 3.63) is 65.5 Å². The highest BCUT2D eigenvalue weighted by atomic mass is 127. The Hall–Kier alpha value is -1.84. The lowest BCUT2D eigenvalue weighted by molar-refractivity contribution is -0.137. The van der Waals surface area contributed by atoms with Crippen LogP contribution in [-0.4, -0.2) is 24.0 Å². The summed E-state index contributed by atoms with van der Waals surface area (Å²) in [6.45, 7) is 3.65. The van der Waals surface area contributed by atoms with E-state index in [0.717, 1.165) is 29.7 Å². The van der Waals surface area contributed by atoms with Gasteiger partial charge in [-0.2, -0.15) is 13.2 Å². The lowest BCUT2D eigenvalue weighted by Crippen LogP contribution is -2.38. The maximum atomic E-state index is 12.6. The van der Waals surface area contributed by atoms with Crippen LogP contribution in [0.3, 0.4) is 0 Å². The summed E-state index contributed by atoms with van der Waals surface area (Å²) in [7, 11) is 0. The molecule has 0 atom stereocenters. The number of pyridine rings is 1. The molecule has 2 rings (SSSR count). The van der Waals surface area contributed by atoms with Crippen LogP contribution in [0.5, 0.6) is 0 Å². The van der Waals surface area contributed by atoms with E-state index < -0.39 is 11.7 Å². The van der Waals surface area contributed by atoms with Gasteiger partial charge in [-0.05, 0) is 42.7 Å². The van der Waals surface area contributed by atoms with Crippen molar-refractivity contribution in [1.29, 1.82) is 0 Å². The van der Waals surface area contributed by atoms with Gasteiger partial charge in [0, 0.05) is 25.5 Å². The van der Waals surface area contributed by atoms with Gasteiger partial charge in [0.05, 0.1) is 12.1 Å². The molecule has 4 nitrogen and oxygen atoms in total. The van der Waals surface area contributed by atoms with E-state index in [1.165, 1.54) is 12.1 Å². The maximum Gasteiger partial charge on any atom is 0.416 e. The summed E-state index contributed by atoms with van der Waals surface area (Å²) in [5, 5.41) is 6.32. The molecule has 0 aliphatic rings. The molecular formula is C18H22F3IN4. The molecule has 1 aromatic carbocycles. The van der Waals surface area contributed by atoms with Crippen LogP contribution < -0.4 is 10.6 Å². The van der Waals surface area contributed by atoms with Crippen molar-refractivity contribution in [2.24, 2.45) is 4.99 Å². The van der Waals surface area contributed by atoms with Gasteiger partial charge >= 0.3 is 6.18 Å². The smallest absolute Gasteiger partial charge is 0.357 e. The molecule has 1 heterocycles. The number of hydrogen-bond donors (Lipinski definition) is 2. The summed E-state index contributed by atoms with van der Waals surface area (Å²) in [6, 6.07) is 8.94. The Kier molecular flexibility index (Phi) is 9.39. The minimum Gasteiger partial charge on any atom is -0.357 e. The number of nitrogens with one attached hydrogen (secondary N) is 2. The number of aliphatic imine (C=N–C) groups is 1. The van der Waals surface area contributed by atoms with E-state index >= 15 is 0 Å². The molecule has 0 radical (unpaired) electrons. The number of rotatable bonds is 6. The van der Waals surface area contributed by atoms with Crippen LogP contribution in [-0.2, 0) is 19.1 Å². The largest absolute Gasteiger partial charge is 0.416 e. The number of hydrogen-bond acceptors (Lipinski definition) is 2. The van der Waals surface area contributed by atoms with Crippen molar-refractivity contribution in [2.45, 2.75) is 26.1 Å². The highest BCUT2D eigenvalue weighted by Gasteiger charge is 2.29. The molecule has 0 fully saturated rings. The summed E-state index contributed by atoms with van der Waals surface area (Å²) in [6.07, 6.45) is 0.0313. The van der Waals surface area contributed by atoms with Crippen LogP contribution in [0, 0.1) is 0 Å². The first-order valence-electron chi connectivity index (χ1n) is 8.06.